The van der Waals surface area contributed by atoms with Crippen molar-refractivity contribution >= 4 is 34.4 Å². The van der Waals surface area contributed by atoms with E-state index in [-0.39, 0.29) is 16.8 Å². The summed E-state index contributed by atoms with van der Waals surface area (Å²) in [4.78, 5) is 32.9. The number of aromatic nitrogens is 3. The first-order valence-corrected chi connectivity index (χ1v) is 9.56. The maximum absolute atomic E-state index is 12.6. The van der Waals surface area contributed by atoms with Crippen molar-refractivity contribution in [2.75, 3.05) is 24.1 Å². The van der Waals surface area contributed by atoms with Gasteiger partial charge in [-0.05, 0) is 43.5 Å². The molecular weight excluding hydrogens is 370 g/mol. The third-order valence-electron chi connectivity index (χ3n) is 5.30. The lowest BCUT2D eigenvalue weighted by molar-refractivity contribution is 0.1000. The van der Waals surface area contributed by atoms with E-state index >= 15 is 0 Å². The molecular formula is C20H23N7O2. The van der Waals surface area contributed by atoms with Gasteiger partial charge in [-0.25, -0.2) is 4.98 Å². The summed E-state index contributed by atoms with van der Waals surface area (Å²) >= 11 is 0. The molecule has 29 heavy (non-hydrogen) atoms. The van der Waals surface area contributed by atoms with Crippen LogP contribution < -0.4 is 27.5 Å². The topological polar surface area (TPSA) is 141 Å². The molecule has 2 aromatic heterocycles. The molecule has 3 heterocycles. The monoisotopic (exact) mass is 393 g/mol. The number of carbonyl (C=O) groups is 1. The molecule has 3 aromatic rings. The number of nitrogens with two attached hydrogens (primary N) is 2. The Hall–Kier alpha value is -3.46. The lowest BCUT2D eigenvalue weighted by atomic mass is 9.98. The summed E-state index contributed by atoms with van der Waals surface area (Å²) in [5, 5.41) is 6.72. The van der Waals surface area contributed by atoms with Crippen LogP contribution in [0.3, 0.4) is 0 Å². The fourth-order valence-corrected chi connectivity index (χ4v) is 3.76. The van der Waals surface area contributed by atoms with Crippen molar-refractivity contribution in [1.82, 2.24) is 19.9 Å². The molecule has 0 bridgehead atoms. The minimum atomic E-state index is -0.864. The van der Waals surface area contributed by atoms with Crippen molar-refractivity contribution in [3.8, 4) is 0 Å². The number of nitrogens with zero attached hydrogens (tertiary/aromatic N) is 3. The Bertz CT molecular complexity index is 1130. The van der Waals surface area contributed by atoms with Gasteiger partial charge in [0.1, 0.15) is 11.4 Å². The van der Waals surface area contributed by atoms with Gasteiger partial charge in [-0.1, -0.05) is 12.1 Å². The predicted molar refractivity (Wildman–Crippen MR) is 112 cm³/mol. The summed E-state index contributed by atoms with van der Waals surface area (Å²) in [5.74, 6) is 0.0241. The Labute approximate surface area is 167 Å². The Morgan fingerprint density at radius 1 is 1.34 bits per heavy atom. The zero-order valence-corrected chi connectivity index (χ0v) is 16.1. The molecule has 1 fully saturated rings. The Kier molecular flexibility index (Phi) is 4.89. The van der Waals surface area contributed by atoms with Crippen molar-refractivity contribution in [3.63, 3.8) is 0 Å². The average molecular weight is 393 g/mol. The van der Waals surface area contributed by atoms with Crippen LogP contribution in [0.2, 0.25) is 0 Å². The molecule has 1 atom stereocenters. The van der Waals surface area contributed by atoms with Crippen molar-refractivity contribution in [1.29, 1.82) is 0 Å². The molecule has 0 aliphatic carbocycles. The third-order valence-corrected chi connectivity index (χ3v) is 5.30. The largest absolute Gasteiger partial charge is 0.384 e. The van der Waals surface area contributed by atoms with Crippen LogP contribution in [0.5, 0.6) is 0 Å². The van der Waals surface area contributed by atoms with Crippen LogP contribution in [0.25, 0.3) is 11.0 Å². The summed E-state index contributed by atoms with van der Waals surface area (Å²) in [6.45, 7) is 4.32. The summed E-state index contributed by atoms with van der Waals surface area (Å²) in [6.07, 6.45) is 2.54. The zero-order chi connectivity index (χ0) is 20.5. The number of nitrogen functional groups attached to an aromatic ring is 1. The smallest absolute Gasteiger partial charge is 0.256 e. The lowest BCUT2D eigenvalue weighted by Gasteiger charge is -2.15. The maximum atomic E-state index is 12.6. The van der Waals surface area contributed by atoms with Gasteiger partial charge in [0.05, 0.1) is 5.39 Å². The number of pyridine rings is 1. The number of hydrogen-bond acceptors (Lipinski definition) is 7. The number of fused-ring (bicyclic) bond motifs is 1. The summed E-state index contributed by atoms with van der Waals surface area (Å²) in [5.41, 5.74) is 13.0. The van der Waals surface area contributed by atoms with Gasteiger partial charge in [0.15, 0.2) is 5.65 Å². The minimum absolute atomic E-state index is 0.0108. The van der Waals surface area contributed by atoms with E-state index in [1.165, 1.54) is 11.8 Å². The minimum Gasteiger partial charge on any atom is -0.384 e. The van der Waals surface area contributed by atoms with E-state index in [0.717, 1.165) is 25.2 Å². The number of nitrogens with one attached hydrogen (secondary N) is 2. The van der Waals surface area contributed by atoms with Gasteiger partial charge in [0.25, 0.3) is 5.91 Å². The van der Waals surface area contributed by atoms with E-state index in [1.807, 2.05) is 19.1 Å². The molecule has 0 saturated carbocycles. The first-order valence-electron chi connectivity index (χ1n) is 9.56. The highest BCUT2D eigenvalue weighted by molar-refractivity contribution is 6.00. The van der Waals surface area contributed by atoms with E-state index in [4.69, 9.17) is 11.5 Å². The summed E-state index contributed by atoms with van der Waals surface area (Å²) < 4.78 is 1.58. The number of rotatable bonds is 5. The van der Waals surface area contributed by atoms with Crippen molar-refractivity contribution in [2.24, 2.45) is 5.73 Å². The second-order valence-corrected chi connectivity index (χ2v) is 7.07. The van der Waals surface area contributed by atoms with Gasteiger partial charge in [-0.3, -0.25) is 9.59 Å². The standard InChI is InChI=1S/C20H23N7O2/c1-2-27-17(21)15(18(22)29)16(28)14-10-24-20(26-19(14)27)25-13-5-3-11(4-6-13)12-7-8-23-9-12/h3-6,10,12,23H,2,7-9,21H2,1H3,(H2,22,29)(H,24,25,26). The van der Waals surface area contributed by atoms with E-state index < -0.39 is 11.3 Å². The number of hydrogen-bond donors (Lipinski definition) is 4. The second kappa shape index (κ2) is 7.51. The Balaban J connectivity index is 1.69. The van der Waals surface area contributed by atoms with E-state index in [0.29, 0.717) is 24.1 Å². The van der Waals surface area contributed by atoms with Crippen LogP contribution >= 0.6 is 0 Å². The molecule has 4 rings (SSSR count). The molecule has 0 radical (unpaired) electrons. The second-order valence-electron chi connectivity index (χ2n) is 7.07. The number of aryl methyl sites for hydroxylation is 1. The number of primary amides is 1. The van der Waals surface area contributed by atoms with E-state index in [1.54, 1.807) is 4.57 Å². The molecule has 150 valence electrons. The van der Waals surface area contributed by atoms with Crippen molar-refractivity contribution < 1.29 is 4.79 Å². The quantitative estimate of drug-likeness (QED) is 0.512. The van der Waals surface area contributed by atoms with Gasteiger partial charge < -0.3 is 26.7 Å². The van der Waals surface area contributed by atoms with Crippen LogP contribution in [0.4, 0.5) is 17.5 Å². The summed E-state index contributed by atoms with van der Waals surface area (Å²) in [7, 11) is 0. The van der Waals surface area contributed by atoms with Gasteiger partial charge >= 0.3 is 0 Å². The fourth-order valence-electron chi connectivity index (χ4n) is 3.76. The average Bonchev–Trinajstić information content (AvgIpc) is 3.23. The summed E-state index contributed by atoms with van der Waals surface area (Å²) in [6, 6.07) is 8.16. The maximum Gasteiger partial charge on any atom is 0.256 e. The van der Waals surface area contributed by atoms with Crippen LogP contribution in [0.15, 0.2) is 35.3 Å². The van der Waals surface area contributed by atoms with Gasteiger partial charge in [0.2, 0.25) is 11.4 Å². The molecule has 1 saturated heterocycles. The first kappa shape index (κ1) is 18.9. The van der Waals surface area contributed by atoms with E-state index in [9.17, 15) is 9.59 Å². The lowest BCUT2D eigenvalue weighted by Crippen LogP contribution is -2.28. The Morgan fingerprint density at radius 2 is 2.10 bits per heavy atom. The normalized spacial score (nSPS) is 16.2. The number of benzene rings is 1. The predicted octanol–water partition coefficient (Wildman–Crippen LogP) is 1.31. The van der Waals surface area contributed by atoms with Crippen LogP contribution in [-0.2, 0) is 6.54 Å². The van der Waals surface area contributed by atoms with Crippen LogP contribution in [-0.4, -0.2) is 33.5 Å². The first-order chi connectivity index (χ1) is 14.0. The fraction of sp³-hybridized carbons (Fsp3) is 0.300. The molecule has 1 aromatic carbocycles. The third kappa shape index (κ3) is 3.40. The SMILES string of the molecule is CCn1c(N)c(C(N)=O)c(=O)c2cnc(Nc3ccc(C4CCNC4)cc3)nc21. The molecule has 1 unspecified atom stereocenters. The van der Waals surface area contributed by atoms with Gasteiger partial charge in [-0.2, -0.15) is 4.98 Å². The molecule has 6 N–H and O–H groups in total. The highest BCUT2D eigenvalue weighted by Gasteiger charge is 2.20. The zero-order valence-electron chi connectivity index (χ0n) is 16.1. The number of amides is 1. The molecule has 9 nitrogen and oxygen atoms in total. The highest BCUT2D eigenvalue weighted by atomic mass is 16.2. The molecule has 1 aliphatic rings. The van der Waals surface area contributed by atoms with Gasteiger partial charge in [0, 0.05) is 25.0 Å². The molecule has 0 spiro atoms. The Morgan fingerprint density at radius 3 is 2.72 bits per heavy atom. The number of carbonyl (C=O) groups excluding carboxylic acids is 1. The van der Waals surface area contributed by atoms with Gasteiger partial charge in [-0.15, -0.1) is 0 Å². The molecule has 1 amide bonds. The molecule has 9 heteroatoms. The molecule has 1 aliphatic heterocycles. The van der Waals surface area contributed by atoms with Crippen molar-refractivity contribution in [2.45, 2.75) is 25.8 Å². The highest BCUT2D eigenvalue weighted by Crippen LogP contribution is 2.25. The van der Waals surface area contributed by atoms with E-state index in [2.05, 4.69) is 32.7 Å². The number of anilines is 3. The van der Waals surface area contributed by atoms with Crippen molar-refractivity contribution in [3.05, 3.63) is 51.8 Å². The van der Waals surface area contributed by atoms with Crippen LogP contribution in [0.1, 0.15) is 35.2 Å². The van der Waals surface area contributed by atoms with Crippen LogP contribution in [0, 0.1) is 0 Å².